The lowest BCUT2D eigenvalue weighted by Crippen LogP contribution is -1.88. The van der Waals surface area contributed by atoms with E-state index in [-0.39, 0.29) is 0 Å². The molecule has 16 heavy (non-hydrogen) atoms. The first-order valence-corrected chi connectivity index (χ1v) is 6.66. The molecule has 0 unspecified atom stereocenters. The lowest BCUT2D eigenvalue weighted by atomic mass is 10.5. The quantitative estimate of drug-likeness (QED) is 0.815. The Hall–Kier alpha value is -1.40. The van der Waals surface area contributed by atoms with E-state index in [4.69, 9.17) is 11.5 Å². The highest BCUT2D eigenvalue weighted by Crippen LogP contribution is 2.36. The number of anilines is 2. The van der Waals surface area contributed by atoms with Crippen molar-refractivity contribution in [1.82, 2.24) is 9.97 Å². The molecule has 82 valence electrons. The van der Waals surface area contributed by atoms with Crippen molar-refractivity contribution in [2.45, 2.75) is 9.79 Å². The number of rotatable bonds is 3. The molecular weight excluding hydrogens is 240 g/mol. The molecule has 4 nitrogen and oxygen atoms in total. The molecular formula is C10H10N4S2. The Labute approximate surface area is 101 Å². The second-order valence-corrected chi connectivity index (χ2v) is 5.28. The number of hydrogen-bond donors (Lipinski definition) is 2. The van der Waals surface area contributed by atoms with E-state index >= 15 is 0 Å². The number of nitrogens with two attached hydrogens (primary N) is 2. The van der Waals surface area contributed by atoms with Gasteiger partial charge in [0.2, 0.25) is 0 Å². The van der Waals surface area contributed by atoms with E-state index in [1.807, 2.05) is 12.1 Å². The Morgan fingerprint density at radius 3 is 1.50 bits per heavy atom. The van der Waals surface area contributed by atoms with Gasteiger partial charge in [-0.05, 0) is 24.3 Å². The molecule has 0 aliphatic carbocycles. The predicted octanol–water partition coefficient (Wildman–Crippen LogP) is 2.44. The van der Waals surface area contributed by atoms with Gasteiger partial charge in [-0.3, -0.25) is 0 Å². The van der Waals surface area contributed by atoms with Crippen molar-refractivity contribution in [3.63, 3.8) is 0 Å². The largest absolute Gasteiger partial charge is 0.384 e. The fourth-order valence-electron chi connectivity index (χ4n) is 0.978. The van der Waals surface area contributed by atoms with E-state index in [2.05, 4.69) is 9.97 Å². The highest BCUT2D eigenvalue weighted by molar-refractivity contribution is 8.76. The van der Waals surface area contributed by atoms with Gasteiger partial charge in [0, 0.05) is 22.2 Å². The first kappa shape index (κ1) is 11.1. The molecule has 2 aromatic heterocycles. The van der Waals surface area contributed by atoms with Crippen molar-refractivity contribution in [1.29, 1.82) is 0 Å². The second kappa shape index (κ2) is 5.09. The maximum Gasteiger partial charge on any atom is 0.123 e. The lowest BCUT2D eigenvalue weighted by Gasteiger charge is -2.01. The van der Waals surface area contributed by atoms with Gasteiger partial charge >= 0.3 is 0 Å². The fourth-order valence-corrected chi connectivity index (χ4v) is 2.78. The number of nitrogen functional groups attached to an aromatic ring is 2. The van der Waals surface area contributed by atoms with Crippen molar-refractivity contribution in [3.8, 4) is 0 Å². The maximum absolute atomic E-state index is 5.50. The normalized spacial score (nSPS) is 10.2. The Kier molecular flexibility index (Phi) is 3.53. The summed E-state index contributed by atoms with van der Waals surface area (Å²) in [7, 11) is 3.21. The summed E-state index contributed by atoms with van der Waals surface area (Å²) < 4.78 is 0. The molecule has 0 amide bonds. The zero-order valence-electron chi connectivity index (χ0n) is 8.33. The molecule has 2 aromatic rings. The zero-order chi connectivity index (χ0) is 11.4. The van der Waals surface area contributed by atoms with Crippen molar-refractivity contribution < 1.29 is 0 Å². The van der Waals surface area contributed by atoms with Gasteiger partial charge < -0.3 is 11.5 Å². The average molecular weight is 250 g/mol. The van der Waals surface area contributed by atoms with Crippen molar-refractivity contribution >= 4 is 33.2 Å². The molecule has 2 rings (SSSR count). The van der Waals surface area contributed by atoms with Crippen LogP contribution in [0.25, 0.3) is 0 Å². The molecule has 0 saturated carbocycles. The number of nitrogens with zero attached hydrogens (tertiary/aromatic N) is 2. The summed E-state index contributed by atoms with van der Waals surface area (Å²) in [5, 5.41) is 0. The van der Waals surface area contributed by atoms with Crippen LogP contribution in [0.1, 0.15) is 0 Å². The van der Waals surface area contributed by atoms with Gasteiger partial charge in [-0.1, -0.05) is 21.6 Å². The molecule has 0 aliphatic heterocycles. The van der Waals surface area contributed by atoms with Crippen LogP contribution < -0.4 is 11.5 Å². The summed E-state index contributed by atoms with van der Waals surface area (Å²) in [6, 6.07) is 7.43. The van der Waals surface area contributed by atoms with Crippen LogP contribution in [0.5, 0.6) is 0 Å². The van der Waals surface area contributed by atoms with E-state index in [0.717, 1.165) is 9.79 Å². The number of pyridine rings is 2. The van der Waals surface area contributed by atoms with Crippen LogP contribution in [0, 0.1) is 0 Å². The monoisotopic (exact) mass is 250 g/mol. The molecule has 4 N–H and O–H groups in total. The van der Waals surface area contributed by atoms with Gasteiger partial charge in [0.25, 0.3) is 0 Å². The fraction of sp³-hybridized carbons (Fsp3) is 0. The highest BCUT2D eigenvalue weighted by Gasteiger charge is 1.98. The minimum absolute atomic E-state index is 0.531. The summed E-state index contributed by atoms with van der Waals surface area (Å²) in [4.78, 5) is 10.1. The molecule has 0 fully saturated rings. The molecule has 0 radical (unpaired) electrons. The van der Waals surface area contributed by atoms with E-state index < -0.39 is 0 Å². The average Bonchev–Trinajstić information content (AvgIpc) is 2.30. The Balaban J connectivity index is 1.97. The van der Waals surface area contributed by atoms with Gasteiger partial charge in [-0.15, -0.1) is 0 Å². The topological polar surface area (TPSA) is 77.8 Å². The summed E-state index contributed by atoms with van der Waals surface area (Å²) >= 11 is 0. The Bertz CT molecular complexity index is 410. The van der Waals surface area contributed by atoms with Crippen molar-refractivity contribution in [2.24, 2.45) is 0 Å². The van der Waals surface area contributed by atoms with E-state index in [1.165, 1.54) is 0 Å². The predicted molar refractivity (Wildman–Crippen MR) is 69.0 cm³/mol. The minimum Gasteiger partial charge on any atom is -0.384 e. The number of hydrogen-bond acceptors (Lipinski definition) is 6. The van der Waals surface area contributed by atoms with Crippen LogP contribution in [-0.2, 0) is 0 Å². The maximum atomic E-state index is 5.50. The van der Waals surface area contributed by atoms with Crippen molar-refractivity contribution in [2.75, 3.05) is 11.5 Å². The third-order valence-electron chi connectivity index (χ3n) is 1.75. The SMILES string of the molecule is Nc1ccc(SSc2ccc(N)nc2)cn1. The summed E-state index contributed by atoms with van der Waals surface area (Å²) in [5.41, 5.74) is 11.0. The molecule has 0 saturated heterocycles. The third kappa shape index (κ3) is 3.04. The van der Waals surface area contributed by atoms with Gasteiger partial charge in [0.1, 0.15) is 11.6 Å². The molecule has 0 bridgehead atoms. The van der Waals surface area contributed by atoms with Crippen LogP contribution in [0.3, 0.4) is 0 Å². The summed E-state index contributed by atoms with van der Waals surface area (Å²) in [6.45, 7) is 0. The minimum atomic E-state index is 0.531. The smallest absolute Gasteiger partial charge is 0.123 e. The summed E-state index contributed by atoms with van der Waals surface area (Å²) in [5.74, 6) is 1.06. The summed E-state index contributed by atoms with van der Waals surface area (Å²) in [6.07, 6.45) is 3.50. The van der Waals surface area contributed by atoms with Gasteiger partial charge in [-0.25, -0.2) is 9.97 Å². The second-order valence-electron chi connectivity index (χ2n) is 3.00. The van der Waals surface area contributed by atoms with Crippen LogP contribution in [0.4, 0.5) is 11.6 Å². The van der Waals surface area contributed by atoms with Gasteiger partial charge in [0.05, 0.1) is 0 Å². The van der Waals surface area contributed by atoms with Crippen molar-refractivity contribution in [3.05, 3.63) is 36.7 Å². The standard InChI is InChI=1S/C10H10N4S2/c11-9-3-1-7(5-13-9)15-16-8-2-4-10(12)14-6-8/h1-6H,(H2,11,13)(H2,12,14). The van der Waals surface area contributed by atoms with E-state index in [1.54, 1.807) is 46.1 Å². The van der Waals surface area contributed by atoms with Crippen LogP contribution >= 0.6 is 21.6 Å². The Morgan fingerprint density at radius 1 is 0.750 bits per heavy atom. The zero-order valence-corrected chi connectivity index (χ0v) is 9.96. The Morgan fingerprint density at radius 2 is 1.19 bits per heavy atom. The number of aromatic nitrogens is 2. The van der Waals surface area contributed by atoms with Crippen LogP contribution in [0.15, 0.2) is 46.5 Å². The first-order valence-electron chi connectivity index (χ1n) is 4.51. The van der Waals surface area contributed by atoms with Crippen LogP contribution in [0.2, 0.25) is 0 Å². The molecule has 2 heterocycles. The third-order valence-corrected chi connectivity index (χ3v) is 4.11. The highest BCUT2D eigenvalue weighted by atomic mass is 33.1. The first-order chi connectivity index (χ1) is 7.74. The van der Waals surface area contributed by atoms with E-state index in [9.17, 15) is 0 Å². The molecule has 0 aromatic carbocycles. The van der Waals surface area contributed by atoms with Crippen LogP contribution in [-0.4, -0.2) is 9.97 Å². The molecule has 0 atom stereocenters. The molecule has 0 spiro atoms. The van der Waals surface area contributed by atoms with E-state index in [0.29, 0.717) is 11.6 Å². The molecule has 6 heteroatoms. The lowest BCUT2D eigenvalue weighted by molar-refractivity contribution is 1.25. The van der Waals surface area contributed by atoms with Gasteiger partial charge in [-0.2, -0.15) is 0 Å². The molecule has 0 aliphatic rings. The van der Waals surface area contributed by atoms with Gasteiger partial charge in [0.15, 0.2) is 0 Å².